The van der Waals surface area contributed by atoms with Crippen LogP contribution in [0.25, 0.3) is 0 Å². The fourth-order valence-corrected chi connectivity index (χ4v) is 5.02. The van der Waals surface area contributed by atoms with E-state index in [2.05, 4.69) is 34.6 Å². The average molecular weight is 455 g/mol. The van der Waals surface area contributed by atoms with Gasteiger partial charge in [-0.3, -0.25) is 0 Å². The summed E-state index contributed by atoms with van der Waals surface area (Å²) in [5.74, 6) is 3.03. The Labute approximate surface area is 194 Å². The summed E-state index contributed by atoms with van der Waals surface area (Å²) in [5.41, 5.74) is 0.452. The summed E-state index contributed by atoms with van der Waals surface area (Å²) in [6.07, 6.45) is 8.38. The van der Waals surface area contributed by atoms with Crippen LogP contribution in [-0.2, 0) is 12.6 Å². The van der Waals surface area contributed by atoms with Gasteiger partial charge in [-0.25, -0.2) is 0 Å². The molecule has 0 saturated carbocycles. The van der Waals surface area contributed by atoms with Gasteiger partial charge in [0.2, 0.25) is 0 Å². The van der Waals surface area contributed by atoms with E-state index < -0.39 is 11.7 Å². The summed E-state index contributed by atoms with van der Waals surface area (Å²) >= 11 is 0. The van der Waals surface area contributed by atoms with E-state index in [1.807, 2.05) is 0 Å². The monoisotopic (exact) mass is 454 g/mol. The van der Waals surface area contributed by atoms with Crippen LogP contribution in [-0.4, -0.2) is 5.60 Å². The molecular formula is C28H45F3O. The zero-order valence-corrected chi connectivity index (χ0v) is 21.2. The molecule has 0 radical (unpaired) electrons. The van der Waals surface area contributed by atoms with Gasteiger partial charge >= 0.3 is 6.18 Å². The Bertz CT molecular complexity index is 709. The van der Waals surface area contributed by atoms with Crippen molar-refractivity contribution < 1.29 is 17.9 Å². The maximum absolute atomic E-state index is 13.1. The summed E-state index contributed by atoms with van der Waals surface area (Å²) in [6.45, 7) is 13.2. The fraction of sp³-hybridized carbons (Fsp3) is 0.786. The number of benzene rings is 1. The average Bonchev–Trinajstić information content (AvgIpc) is 2.67. The molecule has 0 fully saturated rings. The predicted octanol–water partition coefficient (Wildman–Crippen LogP) is 9.54. The molecule has 2 rings (SSSR count). The highest BCUT2D eigenvalue weighted by Crippen LogP contribution is 2.42. The van der Waals surface area contributed by atoms with Crippen molar-refractivity contribution in [2.45, 2.75) is 124 Å². The van der Waals surface area contributed by atoms with Gasteiger partial charge in [-0.15, -0.1) is 0 Å². The van der Waals surface area contributed by atoms with Crippen molar-refractivity contribution in [3.05, 3.63) is 28.8 Å². The lowest BCUT2D eigenvalue weighted by molar-refractivity contribution is -0.137. The first-order valence-electron chi connectivity index (χ1n) is 12.8. The predicted molar refractivity (Wildman–Crippen MR) is 128 cm³/mol. The van der Waals surface area contributed by atoms with Crippen LogP contribution in [0, 0.1) is 24.7 Å². The second kappa shape index (κ2) is 11.8. The Morgan fingerprint density at radius 3 is 2.03 bits per heavy atom. The third-order valence-corrected chi connectivity index (χ3v) is 7.23. The molecule has 0 aromatic heterocycles. The van der Waals surface area contributed by atoms with Crippen LogP contribution in [0.4, 0.5) is 13.2 Å². The van der Waals surface area contributed by atoms with Crippen LogP contribution < -0.4 is 4.74 Å². The molecule has 0 spiro atoms. The minimum Gasteiger partial charge on any atom is -0.487 e. The van der Waals surface area contributed by atoms with Crippen molar-refractivity contribution in [1.29, 1.82) is 0 Å². The lowest BCUT2D eigenvalue weighted by Gasteiger charge is -2.37. The number of hydrogen-bond donors (Lipinski definition) is 0. The molecule has 0 amide bonds. The number of hydrogen-bond acceptors (Lipinski definition) is 1. The molecular weight excluding hydrogens is 409 g/mol. The second-order valence-corrected chi connectivity index (χ2v) is 11.2. The summed E-state index contributed by atoms with van der Waals surface area (Å²) in [6, 6.07) is 2.49. The molecule has 0 unspecified atom stereocenters. The Morgan fingerprint density at radius 1 is 0.906 bits per heavy atom. The van der Waals surface area contributed by atoms with Gasteiger partial charge in [-0.2, -0.15) is 13.2 Å². The summed E-state index contributed by atoms with van der Waals surface area (Å²) in [4.78, 5) is 0. The minimum atomic E-state index is -4.30. The molecule has 1 heterocycles. The Balaban J connectivity index is 1.73. The number of halogens is 3. The van der Waals surface area contributed by atoms with Crippen LogP contribution in [0.3, 0.4) is 0 Å². The number of alkyl halides is 3. The van der Waals surface area contributed by atoms with Crippen LogP contribution >= 0.6 is 0 Å². The van der Waals surface area contributed by atoms with Gasteiger partial charge in [0, 0.05) is 0 Å². The lowest BCUT2D eigenvalue weighted by Crippen LogP contribution is -2.36. The van der Waals surface area contributed by atoms with E-state index in [0.29, 0.717) is 29.2 Å². The van der Waals surface area contributed by atoms with Gasteiger partial charge in [0.05, 0.1) is 5.56 Å². The second-order valence-electron chi connectivity index (χ2n) is 11.2. The fourth-order valence-electron chi connectivity index (χ4n) is 5.02. The molecule has 1 aromatic carbocycles. The van der Waals surface area contributed by atoms with Gasteiger partial charge in [-0.1, -0.05) is 72.6 Å². The van der Waals surface area contributed by atoms with Crippen molar-refractivity contribution in [1.82, 2.24) is 0 Å². The molecule has 0 saturated heterocycles. The van der Waals surface area contributed by atoms with E-state index in [1.54, 1.807) is 6.92 Å². The molecule has 32 heavy (non-hydrogen) atoms. The Morgan fingerprint density at radius 2 is 1.47 bits per heavy atom. The number of ether oxygens (including phenoxy) is 1. The van der Waals surface area contributed by atoms with Crippen molar-refractivity contribution >= 4 is 0 Å². The van der Waals surface area contributed by atoms with E-state index >= 15 is 0 Å². The highest BCUT2D eigenvalue weighted by atomic mass is 19.4. The quantitative estimate of drug-likeness (QED) is 0.305. The first kappa shape index (κ1) is 27.1. The van der Waals surface area contributed by atoms with Crippen LogP contribution in [0.2, 0.25) is 0 Å². The van der Waals surface area contributed by atoms with Crippen molar-refractivity contribution in [3.63, 3.8) is 0 Å². The number of fused-ring (bicyclic) bond motifs is 1. The van der Waals surface area contributed by atoms with E-state index in [4.69, 9.17) is 4.74 Å². The standard InChI is InChI=1S/C28H45F3O/c1-20(2)10-7-11-21(3)12-8-13-22(4)14-9-16-27(6)17-15-24-19-25(28(29,30)31)18-23(5)26(24)32-27/h18-22H,7-17H2,1-6H3/t21-,22-,27+/m0/s1. The largest absolute Gasteiger partial charge is 0.487 e. The zero-order chi connectivity index (χ0) is 23.9. The minimum absolute atomic E-state index is 0.276. The Kier molecular flexibility index (Phi) is 9.97. The van der Waals surface area contributed by atoms with E-state index in [0.717, 1.165) is 31.1 Å². The number of rotatable bonds is 12. The third-order valence-electron chi connectivity index (χ3n) is 7.23. The molecule has 0 aliphatic carbocycles. The summed E-state index contributed by atoms with van der Waals surface area (Å²) in [7, 11) is 0. The van der Waals surface area contributed by atoms with Gasteiger partial charge in [0.15, 0.2) is 0 Å². The van der Waals surface area contributed by atoms with Gasteiger partial charge in [-0.05, 0) is 80.5 Å². The summed E-state index contributed by atoms with van der Waals surface area (Å²) < 4.78 is 45.6. The third kappa shape index (κ3) is 8.63. The first-order valence-corrected chi connectivity index (χ1v) is 12.8. The number of aryl methyl sites for hydroxylation is 2. The highest BCUT2D eigenvalue weighted by molar-refractivity contribution is 5.46. The molecule has 1 aliphatic rings. The molecule has 1 nitrogen and oxygen atoms in total. The normalized spacial score (nSPS) is 20.7. The van der Waals surface area contributed by atoms with Gasteiger partial charge in [0.1, 0.15) is 11.4 Å². The van der Waals surface area contributed by atoms with Crippen molar-refractivity contribution in [2.24, 2.45) is 17.8 Å². The first-order chi connectivity index (χ1) is 14.9. The summed E-state index contributed by atoms with van der Waals surface area (Å²) in [5, 5.41) is 0. The smallest absolute Gasteiger partial charge is 0.416 e. The van der Waals surface area contributed by atoms with Crippen molar-refractivity contribution in [3.8, 4) is 5.75 Å². The van der Waals surface area contributed by atoms with E-state index in [1.165, 1.54) is 57.1 Å². The molecule has 1 aliphatic heterocycles. The lowest BCUT2D eigenvalue weighted by atomic mass is 9.85. The maximum atomic E-state index is 13.1. The van der Waals surface area contributed by atoms with Gasteiger partial charge < -0.3 is 4.74 Å². The molecule has 1 aromatic rings. The Hall–Kier alpha value is -1.19. The van der Waals surface area contributed by atoms with Crippen LogP contribution in [0.5, 0.6) is 5.75 Å². The molecule has 0 bridgehead atoms. The SMILES string of the molecule is Cc1cc(C(F)(F)F)cc2c1O[C@](C)(CCC[C@@H](C)CCC[C@@H](C)CCCC(C)C)CC2. The zero-order valence-electron chi connectivity index (χ0n) is 21.2. The molecule has 0 N–H and O–H groups in total. The van der Waals surface area contributed by atoms with E-state index in [9.17, 15) is 13.2 Å². The highest BCUT2D eigenvalue weighted by Gasteiger charge is 2.36. The molecule has 3 atom stereocenters. The topological polar surface area (TPSA) is 9.23 Å². The van der Waals surface area contributed by atoms with Crippen molar-refractivity contribution in [2.75, 3.05) is 0 Å². The van der Waals surface area contributed by atoms with Crippen LogP contribution in [0.15, 0.2) is 12.1 Å². The van der Waals surface area contributed by atoms with Gasteiger partial charge in [0.25, 0.3) is 0 Å². The van der Waals surface area contributed by atoms with Crippen LogP contribution in [0.1, 0.15) is 116 Å². The molecule has 184 valence electrons. The van der Waals surface area contributed by atoms with E-state index in [-0.39, 0.29) is 5.60 Å². The molecule has 4 heteroatoms. The maximum Gasteiger partial charge on any atom is 0.416 e.